The molecule has 0 atom stereocenters. The van der Waals surface area contributed by atoms with Gasteiger partial charge in [-0.2, -0.15) is 0 Å². The first kappa shape index (κ1) is 15.5. The number of Topliss-reactive ketones (excluding diaryl/α,β-unsaturated/α-hetero) is 1. The Morgan fingerprint density at radius 1 is 1.24 bits per heavy atom. The summed E-state index contributed by atoms with van der Waals surface area (Å²) in [7, 11) is 1.52. The Labute approximate surface area is 130 Å². The first-order chi connectivity index (χ1) is 10.0. The average Bonchev–Trinajstić information content (AvgIpc) is 2.48. The summed E-state index contributed by atoms with van der Waals surface area (Å²) >= 11 is 3.07. The summed E-state index contributed by atoms with van der Waals surface area (Å²) in [6, 6.07) is 9.57. The summed E-state index contributed by atoms with van der Waals surface area (Å²) in [6.45, 7) is 1.78. The van der Waals surface area contributed by atoms with E-state index in [0.717, 1.165) is 5.56 Å². The molecule has 2 rings (SSSR count). The number of aryl methyl sites for hydroxylation is 1. The van der Waals surface area contributed by atoms with Crippen LogP contribution in [0.15, 0.2) is 40.9 Å². The van der Waals surface area contributed by atoms with E-state index in [1.165, 1.54) is 25.3 Å². The normalized spacial score (nSPS) is 10.3. The van der Waals surface area contributed by atoms with Crippen LogP contribution in [-0.4, -0.2) is 19.5 Å². The number of carbonyl (C=O) groups excluding carboxylic acids is 1. The standard InChI is InChI=1S/C16H14BrFO3/c1-10-3-5-12(16(7-10)20-2)15(19)9-21-11-4-6-14(18)13(17)8-11/h3-8H,9H2,1-2H3. The molecule has 3 nitrogen and oxygen atoms in total. The molecule has 0 unspecified atom stereocenters. The molecule has 0 saturated carbocycles. The van der Waals surface area contributed by atoms with Gasteiger partial charge >= 0.3 is 0 Å². The van der Waals surface area contributed by atoms with Gasteiger partial charge in [-0.15, -0.1) is 0 Å². The van der Waals surface area contributed by atoms with Crippen molar-refractivity contribution in [2.45, 2.75) is 6.92 Å². The Balaban J connectivity index is 2.09. The van der Waals surface area contributed by atoms with Gasteiger partial charge in [0.2, 0.25) is 5.78 Å². The molecule has 2 aromatic rings. The molecule has 0 aliphatic rings. The molecule has 2 aromatic carbocycles. The van der Waals surface area contributed by atoms with E-state index in [2.05, 4.69) is 15.9 Å². The van der Waals surface area contributed by atoms with E-state index in [9.17, 15) is 9.18 Å². The van der Waals surface area contributed by atoms with Crippen molar-refractivity contribution in [3.8, 4) is 11.5 Å². The predicted octanol–water partition coefficient (Wildman–Crippen LogP) is 4.17. The third-order valence-corrected chi connectivity index (χ3v) is 3.53. The Morgan fingerprint density at radius 2 is 2.00 bits per heavy atom. The Kier molecular flexibility index (Phi) is 4.96. The van der Waals surface area contributed by atoms with Gasteiger partial charge in [0.15, 0.2) is 6.61 Å². The molecular weight excluding hydrogens is 339 g/mol. The SMILES string of the molecule is COc1cc(C)ccc1C(=O)COc1ccc(F)c(Br)c1. The van der Waals surface area contributed by atoms with E-state index in [1.807, 2.05) is 13.0 Å². The van der Waals surface area contributed by atoms with Gasteiger partial charge < -0.3 is 9.47 Å². The molecule has 0 amide bonds. The van der Waals surface area contributed by atoms with E-state index < -0.39 is 0 Å². The predicted molar refractivity (Wildman–Crippen MR) is 81.7 cm³/mol. The van der Waals surface area contributed by atoms with Crippen LogP contribution in [0.3, 0.4) is 0 Å². The third-order valence-electron chi connectivity index (χ3n) is 2.92. The fourth-order valence-corrected chi connectivity index (χ4v) is 2.18. The molecule has 110 valence electrons. The van der Waals surface area contributed by atoms with Crippen LogP contribution < -0.4 is 9.47 Å². The molecule has 0 aromatic heterocycles. The lowest BCUT2D eigenvalue weighted by atomic mass is 10.1. The molecule has 21 heavy (non-hydrogen) atoms. The molecular formula is C16H14BrFO3. The second-order valence-corrected chi connectivity index (χ2v) is 5.35. The zero-order chi connectivity index (χ0) is 15.4. The maximum atomic E-state index is 13.1. The van der Waals surface area contributed by atoms with Gasteiger partial charge in [0.05, 0.1) is 17.1 Å². The minimum absolute atomic E-state index is 0.141. The topological polar surface area (TPSA) is 35.5 Å². The summed E-state index contributed by atoms with van der Waals surface area (Å²) in [5, 5.41) is 0. The van der Waals surface area contributed by atoms with E-state index in [0.29, 0.717) is 21.5 Å². The summed E-state index contributed by atoms with van der Waals surface area (Å²) in [4.78, 5) is 12.2. The zero-order valence-corrected chi connectivity index (χ0v) is 13.2. The summed E-state index contributed by atoms with van der Waals surface area (Å²) < 4.78 is 24.0. The van der Waals surface area contributed by atoms with Crippen molar-refractivity contribution in [2.75, 3.05) is 13.7 Å². The molecule has 0 aliphatic carbocycles. The van der Waals surface area contributed by atoms with Crippen molar-refractivity contribution in [1.29, 1.82) is 0 Å². The van der Waals surface area contributed by atoms with Gasteiger partial charge in [-0.1, -0.05) is 6.07 Å². The molecule has 0 fully saturated rings. The Hall–Kier alpha value is -1.88. The second-order valence-electron chi connectivity index (χ2n) is 4.49. The highest BCUT2D eigenvalue weighted by Gasteiger charge is 2.13. The molecule has 0 saturated heterocycles. The summed E-state index contributed by atoms with van der Waals surface area (Å²) in [5.41, 5.74) is 1.47. The number of hydrogen-bond acceptors (Lipinski definition) is 3. The second kappa shape index (κ2) is 6.72. The largest absolute Gasteiger partial charge is 0.496 e. The first-order valence-electron chi connectivity index (χ1n) is 6.27. The van der Waals surface area contributed by atoms with Crippen LogP contribution in [0, 0.1) is 12.7 Å². The van der Waals surface area contributed by atoms with Crippen molar-refractivity contribution in [3.05, 3.63) is 57.8 Å². The number of ether oxygens (including phenoxy) is 2. The summed E-state index contributed by atoms with van der Waals surface area (Å²) in [5.74, 6) is 0.354. The van der Waals surface area contributed by atoms with E-state index in [1.54, 1.807) is 12.1 Å². The molecule has 5 heteroatoms. The average molecular weight is 353 g/mol. The smallest absolute Gasteiger partial charge is 0.203 e. The van der Waals surface area contributed by atoms with E-state index in [4.69, 9.17) is 9.47 Å². The molecule has 0 spiro atoms. The van der Waals surface area contributed by atoms with Crippen molar-refractivity contribution >= 4 is 21.7 Å². The van der Waals surface area contributed by atoms with Gasteiger partial charge in [-0.05, 0) is 58.7 Å². The number of carbonyl (C=O) groups is 1. The van der Waals surface area contributed by atoms with E-state index in [-0.39, 0.29) is 18.2 Å². The van der Waals surface area contributed by atoms with Crippen molar-refractivity contribution in [2.24, 2.45) is 0 Å². The molecule has 0 heterocycles. The van der Waals surface area contributed by atoms with Crippen molar-refractivity contribution in [1.82, 2.24) is 0 Å². The lowest BCUT2D eigenvalue weighted by molar-refractivity contribution is 0.0918. The van der Waals surface area contributed by atoms with Gasteiger partial charge in [-0.3, -0.25) is 4.79 Å². The zero-order valence-electron chi connectivity index (χ0n) is 11.7. The van der Waals surface area contributed by atoms with E-state index >= 15 is 0 Å². The van der Waals surface area contributed by atoms with Gasteiger partial charge in [0.1, 0.15) is 17.3 Å². The van der Waals surface area contributed by atoms with Crippen LogP contribution in [0.2, 0.25) is 0 Å². The lowest BCUT2D eigenvalue weighted by Crippen LogP contribution is -2.13. The maximum Gasteiger partial charge on any atom is 0.203 e. The lowest BCUT2D eigenvalue weighted by Gasteiger charge is -2.10. The number of ketones is 1. The van der Waals surface area contributed by atoms with Crippen LogP contribution >= 0.6 is 15.9 Å². The number of hydrogen-bond donors (Lipinski definition) is 0. The Morgan fingerprint density at radius 3 is 2.67 bits per heavy atom. The maximum absolute atomic E-state index is 13.1. The molecule has 0 bridgehead atoms. The van der Waals surface area contributed by atoms with Crippen LogP contribution in [0.5, 0.6) is 11.5 Å². The summed E-state index contributed by atoms with van der Waals surface area (Å²) in [6.07, 6.45) is 0. The third kappa shape index (κ3) is 3.82. The molecule has 0 aliphatic heterocycles. The minimum Gasteiger partial charge on any atom is -0.496 e. The number of benzene rings is 2. The highest BCUT2D eigenvalue weighted by Crippen LogP contribution is 2.23. The monoisotopic (exact) mass is 352 g/mol. The van der Waals surface area contributed by atoms with Gasteiger partial charge in [-0.25, -0.2) is 4.39 Å². The highest BCUT2D eigenvalue weighted by molar-refractivity contribution is 9.10. The van der Waals surface area contributed by atoms with Crippen LogP contribution in [0.4, 0.5) is 4.39 Å². The fourth-order valence-electron chi connectivity index (χ4n) is 1.82. The van der Waals surface area contributed by atoms with Gasteiger partial charge in [0, 0.05) is 0 Å². The van der Waals surface area contributed by atoms with Crippen molar-refractivity contribution < 1.29 is 18.7 Å². The number of halogens is 2. The van der Waals surface area contributed by atoms with Crippen LogP contribution in [0.1, 0.15) is 15.9 Å². The highest BCUT2D eigenvalue weighted by atomic mass is 79.9. The fraction of sp³-hybridized carbons (Fsp3) is 0.188. The molecule has 0 N–H and O–H groups in total. The van der Waals surface area contributed by atoms with Crippen LogP contribution in [-0.2, 0) is 0 Å². The number of rotatable bonds is 5. The quantitative estimate of drug-likeness (QED) is 0.757. The first-order valence-corrected chi connectivity index (χ1v) is 7.06. The van der Waals surface area contributed by atoms with Crippen LogP contribution in [0.25, 0.3) is 0 Å². The molecule has 0 radical (unpaired) electrons. The van der Waals surface area contributed by atoms with Crippen molar-refractivity contribution in [3.63, 3.8) is 0 Å². The number of methoxy groups -OCH3 is 1. The van der Waals surface area contributed by atoms with Gasteiger partial charge in [0.25, 0.3) is 0 Å². The minimum atomic E-state index is -0.381. The Bertz CT molecular complexity index is 671.